The summed E-state index contributed by atoms with van der Waals surface area (Å²) in [4.78, 5) is 0. The molecule has 19 heavy (non-hydrogen) atoms. The molecule has 0 heterocycles. The van der Waals surface area contributed by atoms with E-state index in [4.69, 9.17) is 10.5 Å². The van der Waals surface area contributed by atoms with Crippen LogP contribution in [0.4, 0.5) is 8.78 Å². The third-order valence-electron chi connectivity index (χ3n) is 4.09. The lowest BCUT2D eigenvalue weighted by Gasteiger charge is -2.40. The van der Waals surface area contributed by atoms with E-state index < -0.39 is 5.92 Å². The van der Waals surface area contributed by atoms with Crippen LogP contribution < -0.4 is 10.5 Å². The number of hydrogen-bond donors (Lipinski definition) is 1. The fourth-order valence-electron chi connectivity index (χ4n) is 2.86. The van der Waals surface area contributed by atoms with Crippen LogP contribution >= 0.6 is 0 Å². The van der Waals surface area contributed by atoms with Crippen molar-refractivity contribution in [2.75, 3.05) is 13.2 Å². The molecule has 1 fully saturated rings. The predicted octanol–water partition coefficient (Wildman–Crippen LogP) is 3.49. The summed E-state index contributed by atoms with van der Waals surface area (Å²) >= 11 is 0. The minimum Gasteiger partial charge on any atom is -0.494 e. The summed E-state index contributed by atoms with van der Waals surface area (Å²) in [5, 5.41) is 0. The molecular formula is C15H21F2NO. The zero-order valence-corrected chi connectivity index (χ0v) is 11.3. The number of alkyl halides is 2. The average molecular weight is 269 g/mol. The number of nitrogens with two attached hydrogens (primary N) is 1. The van der Waals surface area contributed by atoms with Crippen LogP contribution in [0.3, 0.4) is 0 Å². The highest BCUT2D eigenvalue weighted by Gasteiger charge is 2.44. The number of ether oxygens (including phenoxy) is 1. The minimum absolute atomic E-state index is 0.0926. The van der Waals surface area contributed by atoms with Gasteiger partial charge in [-0.25, -0.2) is 8.78 Å². The number of benzene rings is 1. The Hall–Kier alpha value is -1.16. The summed E-state index contributed by atoms with van der Waals surface area (Å²) in [5.41, 5.74) is 6.54. The normalized spacial score (nSPS) is 21.1. The molecule has 0 radical (unpaired) electrons. The lowest BCUT2D eigenvalue weighted by molar-refractivity contribution is -0.0511. The summed E-state index contributed by atoms with van der Waals surface area (Å²) < 4.78 is 32.4. The quantitative estimate of drug-likeness (QED) is 0.908. The summed E-state index contributed by atoms with van der Waals surface area (Å²) in [6, 6.07) is 7.67. The second-order valence-corrected chi connectivity index (χ2v) is 5.27. The molecule has 2 nitrogen and oxygen atoms in total. The molecule has 106 valence electrons. The summed E-state index contributed by atoms with van der Waals surface area (Å²) in [5.74, 6) is -1.76. The van der Waals surface area contributed by atoms with Crippen LogP contribution in [0.25, 0.3) is 0 Å². The van der Waals surface area contributed by atoms with E-state index in [-0.39, 0.29) is 18.3 Å². The SMILES string of the molecule is CCOc1ccccc1C1(CN)CCC(F)(F)CC1. The monoisotopic (exact) mass is 269 g/mol. The van der Waals surface area contributed by atoms with Gasteiger partial charge in [-0.15, -0.1) is 0 Å². The molecule has 2 rings (SSSR count). The van der Waals surface area contributed by atoms with Crippen molar-refractivity contribution >= 4 is 0 Å². The van der Waals surface area contributed by atoms with Gasteiger partial charge >= 0.3 is 0 Å². The van der Waals surface area contributed by atoms with Crippen LogP contribution in [-0.4, -0.2) is 19.1 Å². The van der Waals surface area contributed by atoms with Gasteiger partial charge < -0.3 is 10.5 Å². The van der Waals surface area contributed by atoms with Crippen LogP contribution in [0.15, 0.2) is 24.3 Å². The van der Waals surface area contributed by atoms with Gasteiger partial charge in [-0.3, -0.25) is 0 Å². The smallest absolute Gasteiger partial charge is 0.248 e. The van der Waals surface area contributed by atoms with Gasteiger partial charge in [-0.1, -0.05) is 18.2 Å². The highest BCUT2D eigenvalue weighted by Crippen LogP contribution is 2.47. The highest BCUT2D eigenvalue weighted by atomic mass is 19.3. The minimum atomic E-state index is -2.54. The Kier molecular flexibility index (Phi) is 4.09. The number of rotatable bonds is 4. The topological polar surface area (TPSA) is 35.2 Å². The van der Waals surface area contributed by atoms with Gasteiger partial charge in [0.05, 0.1) is 6.61 Å². The molecule has 0 unspecified atom stereocenters. The van der Waals surface area contributed by atoms with E-state index in [0.717, 1.165) is 11.3 Å². The van der Waals surface area contributed by atoms with Gasteiger partial charge in [0.25, 0.3) is 0 Å². The molecule has 1 saturated carbocycles. The van der Waals surface area contributed by atoms with E-state index in [1.165, 1.54) is 0 Å². The van der Waals surface area contributed by atoms with E-state index in [2.05, 4.69) is 0 Å². The van der Waals surface area contributed by atoms with Crippen LogP contribution in [0.2, 0.25) is 0 Å². The number of para-hydroxylation sites is 1. The molecule has 0 saturated heterocycles. The maximum absolute atomic E-state index is 13.4. The maximum atomic E-state index is 13.4. The maximum Gasteiger partial charge on any atom is 0.248 e. The molecule has 0 aromatic heterocycles. The lowest BCUT2D eigenvalue weighted by atomic mass is 9.68. The summed E-state index contributed by atoms with van der Waals surface area (Å²) in [6.45, 7) is 2.86. The van der Waals surface area contributed by atoms with Crippen molar-refractivity contribution in [3.8, 4) is 5.75 Å². The van der Waals surface area contributed by atoms with Crippen LogP contribution in [0.1, 0.15) is 38.2 Å². The Morgan fingerprint density at radius 3 is 2.37 bits per heavy atom. The van der Waals surface area contributed by atoms with E-state index in [1.54, 1.807) is 0 Å². The molecule has 0 aliphatic heterocycles. The largest absolute Gasteiger partial charge is 0.494 e. The Bertz CT molecular complexity index is 424. The van der Waals surface area contributed by atoms with Crippen LogP contribution in [0, 0.1) is 0 Å². The Morgan fingerprint density at radius 1 is 1.16 bits per heavy atom. The molecule has 4 heteroatoms. The number of halogens is 2. The molecular weight excluding hydrogens is 248 g/mol. The first-order valence-corrected chi connectivity index (χ1v) is 6.83. The van der Waals surface area contributed by atoms with Crippen molar-refractivity contribution in [2.24, 2.45) is 5.73 Å². The standard InChI is InChI=1S/C15H21F2NO/c1-2-19-13-6-4-3-5-12(13)14(11-18)7-9-15(16,17)10-8-14/h3-6H,2,7-11,18H2,1H3. The van der Waals surface area contributed by atoms with Crippen molar-refractivity contribution in [3.63, 3.8) is 0 Å². The molecule has 0 amide bonds. The molecule has 1 aromatic carbocycles. The first-order chi connectivity index (χ1) is 9.03. The number of hydrogen-bond acceptors (Lipinski definition) is 2. The van der Waals surface area contributed by atoms with Crippen LogP contribution in [-0.2, 0) is 5.41 Å². The fourth-order valence-corrected chi connectivity index (χ4v) is 2.86. The van der Waals surface area contributed by atoms with Gasteiger partial charge in [0.1, 0.15) is 5.75 Å². The third-order valence-corrected chi connectivity index (χ3v) is 4.09. The first-order valence-electron chi connectivity index (χ1n) is 6.83. The molecule has 0 bridgehead atoms. The second-order valence-electron chi connectivity index (χ2n) is 5.27. The molecule has 1 aliphatic rings. The predicted molar refractivity (Wildman–Crippen MR) is 71.8 cm³/mol. The molecule has 1 aliphatic carbocycles. The van der Waals surface area contributed by atoms with Crippen molar-refractivity contribution in [1.29, 1.82) is 0 Å². The first kappa shape index (κ1) is 14.3. The van der Waals surface area contributed by atoms with Crippen molar-refractivity contribution in [1.82, 2.24) is 0 Å². The average Bonchev–Trinajstić information content (AvgIpc) is 2.41. The van der Waals surface area contributed by atoms with Gasteiger partial charge in [-0.2, -0.15) is 0 Å². The molecule has 1 aromatic rings. The van der Waals surface area contributed by atoms with Gasteiger partial charge in [-0.05, 0) is 25.8 Å². The summed E-state index contributed by atoms with van der Waals surface area (Å²) in [6.07, 6.45) is 0.649. The van der Waals surface area contributed by atoms with E-state index in [1.807, 2.05) is 31.2 Å². The highest BCUT2D eigenvalue weighted by molar-refractivity contribution is 5.40. The third kappa shape index (κ3) is 2.89. The second kappa shape index (κ2) is 5.45. The van der Waals surface area contributed by atoms with Gasteiger partial charge in [0.15, 0.2) is 0 Å². The summed E-state index contributed by atoms with van der Waals surface area (Å²) in [7, 11) is 0. The molecule has 0 atom stereocenters. The van der Waals surface area contributed by atoms with Crippen molar-refractivity contribution < 1.29 is 13.5 Å². The van der Waals surface area contributed by atoms with E-state index >= 15 is 0 Å². The Balaban J connectivity index is 2.32. The van der Waals surface area contributed by atoms with Gasteiger partial charge in [0, 0.05) is 30.4 Å². The molecule has 2 N–H and O–H groups in total. The Labute approximate surface area is 112 Å². The fraction of sp³-hybridized carbons (Fsp3) is 0.600. The van der Waals surface area contributed by atoms with Crippen molar-refractivity contribution in [3.05, 3.63) is 29.8 Å². The van der Waals surface area contributed by atoms with E-state index in [9.17, 15) is 8.78 Å². The zero-order valence-electron chi connectivity index (χ0n) is 11.3. The van der Waals surface area contributed by atoms with E-state index in [0.29, 0.717) is 26.0 Å². The zero-order chi connectivity index (χ0) is 13.9. The lowest BCUT2D eigenvalue weighted by Crippen LogP contribution is -2.42. The van der Waals surface area contributed by atoms with Crippen molar-refractivity contribution in [2.45, 2.75) is 43.9 Å². The van der Waals surface area contributed by atoms with Crippen LogP contribution in [0.5, 0.6) is 5.75 Å². The molecule has 0 spiro atoms. The van der Waals surface area contributed by atoms with Gasteiger partial charge in [0.2, 0.25) is 5.92 Å². The Morgan fingerprint density at radius 2 is 1.79 bits per heavy atom.